The molecule has 0 bridgehead atoms. The van der Waals surface area contributed by atoms with E-state index in [0.29, 0.717) is 0 Å². The summed E-state index contributed by atoms with van der Waals surface area (Å²) in [4.78, 5) is 17.6. The zero-order valence-corrected chi connectivity index (χ0v) is 8.56. The summed E-state index contributed by atoms with van der Waals surface area (Å²) >= 11 is 0. The van der Waals surface area contributed by atoms with E-state index in [2.05, 4.69) is 15.0 Å². The van der Waals surface area contributed by atoms with E-state index in [0.717, 1.165) is 5.69 Å². The van der Waals surface area contributed by atoms with Gasteiger partial charge >= 0.3 is 5.09 Å². The van der Waals surface area contributed by atoms with Crippen LogP contribution in [0.1, 0.15) is 0 Å². The fourth-order valence-corrected chi connectivity index (χ4v) is 0.679. The van der Waals surface area contributed by atoms with Gasteiger partial charge in [0.25, 0.3) is 0 Å². The van der Waals surface area contributed by atoms with Crippen molar-refractivity contribution in [3.63, 3.8) is 0 Å². The molecule has 5 nitrogen and oxygen atoms in total. The molecule has 0 spiro atoms. The number of benzene rings is 1. The Hall–Kier alpha value is -1.78. The predicted octanol–water partition coefficient (Wildman–Crippen LogP) is 1.62. The van der Waals surface area contributed by atoms with Gasteiger partial charge in [-0.15, -0.1) is 0 Å². The first-order valence-electron chi connectivity index (χ1n) is 4.02. The number of hydrogen-bond acceptors (Lipinski definition) is 4. The van der Waals surface area contributed by atoms with Gasteiger partial charge in [-0.05, 0) is 12.1 Å². The van der Waals surface area contributed by atoms with E-state index >= 15 is 0 Å². The molecular weight excluding hydrogens is 184 g/mol. The lowest BCUT2D eigenvalue weighted by atomic mass is 10.3. The first-order valence-corrected chi connectivity index (χ1v) is 4.02. The van der Waals surface area contributed by atoms with Gasteiger partial charge in [0, 0.05) is 12.7 Å². The minimum Gasteiger partial charge on any atom is -0.388 e. The molecule has 0 saturated carbocycles. The maximum absolute atomic E-state index is 9.65. The van der Waals surface area contributed by atoms with Gasteiger partial charge in [-0.25, -0.2) is 0 Å². The molecule has 0 aliphatic carbocycles. The Morgan fingerprint density at radius 3 is 1.86 bits per heavy atom. The second-order valence-electron chi connectivity index (χ2n) is 2.20. The summed E-state index contributed by atoms with van der Waals surface area (Å²) in [5.41, 5.74) is 1.16. The monoisotopic (exact) mass is 199 g/mol. The van der Waals surface area contributed by atoms with Crippen LogP contribution in [0.15, 0.2) is 30.3 Å². The molecular formula is C9H15N2O3+. The van der Waals surface area contributed by atoms with Gasteiger partial charge in [-0.3, -0.25) is 0 Å². The van der Waals surface area contributed by atoms with Crippen molar-refractivity contribution in [2.45, 2.75) is 0 Å². The van der Waals surface area contributed by atoms with Crippen molar-refractivity contribution in [1.29, 1.82) is 0 Å². The van der Waals surface area contributed by atoms with Gasteiger partial charge in [0.15, 0.2) is 14.2 Å². The van der Waals surface area contributed by atoms with Gasteiger partial charge in [-0.1, -0.05) is 18.2 Å². The summed E-state index contributed by atoms with van der Waals surface area (Å²) in [6.45, 7) is 0. The zero-order chi connectivity index (χ0) is 10.8. The number of rotatable bonds is 3. The second kappa shape index (κ2) is 7.85. The van der Waals surface area contributed by atoms with E-state index in [1.807, 2.05) is 37.4 Å². The third kappa shape index (κ3) is 5.82. The van der Waals surface area contributed by atoms with E-state index < -0.39 is 0 Å². The molecule has 0 heterocycles. The van der Waals surface area contributed by atoms with Gasteiger partial charge in [0.05, 0.1) is 0 Å². The first-order chi connectivity index (χ1) is 6.74. The van der Waals surface area contributed by atoms with Crippen LogP contribution in [-0.2, 0) is 9.68 Å². The molecule has 1 N–H and O–H groups in total. The van der Waals surface area contributed by atoms with Crippen LogP contribution in [0, 0.1) is 4.91 Å². The van der Waals surface area contributed by atoms with Crippen LogP contribution in [0.4, 0.5) is 5.69 Å². The molecule has 0 aliphatic rings. The van der Waals surface area contributed by atoms with E-state index in [4.69, 9.17) is 0 Å². The van der Waals surface area contributed by atoms with E-state index in [9.17, 15) is 4.91 Å². The molecule has 0 aromatic heterocycles. The minimum atomic E-state index is 0. The van der Waals surface area contributed by atoms with Gasteiger partial charge in [0.2, 0.25) is 0 Å². The Balaban J connectivity index is 0.000000255. The molecule has 0 unspecified atom stereocenters. The third-order valence-electron chi connectivity index (χ3n) is 1.36. The zero-order valence-electron chi connectivity index (χ0n) is 8.56. The topological polar surface area (TPSA) is 50.6 Å². The lowest BCUT2D eigenvalue weighted by molar-refractivity contribution is -0.972. The molecule has 0 aliphatic heterocycles. The lowest BCUT2D eigenvalue weighted by Gasteiger charge is -1.94. The van der Waals surface area contributed by atoms with E-state index in [-0.39, 0.29) is 5.09 Å². The standard InChI is InChI=1S/C7H9N.C2H6NO3/c1-8-7-5-3-2-4-6-7;1-5-3(4)6-2/h2-6,8H,1H3;1-2H3/q;+1. The Morgan fingerprint density at radius 2 is 1.64 bits per heavy atom. The van der Waals surface area contributed by atoms with Crippen LogP contribution in [0.3, 0.4) is 0 Å². The summed E-state index contributed by atoms with van der Waals surface area (Å²) in [7, 11) is 4.35. The number of hydrogen-bond donors (Lipinski definition) is 1. The average Bonchev–Trinajstić information content (AvgIpc) is 2.30. The minimum absolute atomic E-state index is 0. The Bertz CT molecular complexity index is 245. The largest absolute Gasteiger partial charge is 0.476 e. The highest BCUT2D eigenvalue weighted by Crippen LogP contribution is 2.01. The average molecular weight is 199 g/mol. The van der Waals surface area contributed by atoms with Crippen molar-refractivity contribution >= 4 is 5.69 Å². The Labute approximate surface area is 83.1 Å². The van der Waals surface area contributed by atoms with Crippen LogP contribution in [0.2, 0.25) is 0 Å². The van der Waals surface area contributed by atoms with Crippen molar-refractivity contribution in [1.82, 2.24) is 0 Å². The fraction of sp³-hybridized carbons (Fsp3) is 0.333. The summed E-state index contributed by atoms with van der Waals surface area (Å²) < 4.78 is 0. The number of nitrogens with zero attached hydrogens (tertiary/aromatic N) is 1. The lowest BCUT2D eigenvalue weighted by Crippen LogP contribution is -2.02. The quantitative estimate of drug-likeness (QED) is 0.751. The highest BCUT2D eigenvalue weighted by atomic mass is 17.0. The van der Waals surface area contributed by atoms with Crippen molar-refractivity contribution in [3.8, 4) is 0 Å². The SMILES string of the molecule is CNc1ccccc1.CO[N+](=O)OC. The van der Waals surface area contributed by atoms with E-state index in [1.54, 1.807) is 0 Å². The predicted molar refractivity (Wildman–Crippen MR) is 53.6 cm³/mol. The van der Waals surface area contributed by atoms with Gasteiger partial charge in [-0.2, -0.15) is 9.68 Å². The Morgan fingerprint density at radius 1 is 1.14 bits per heavy atom. The van der Waals surface area contributed by atoms with Crippen LogP contribution in [0.5, 0.6) is 0 Å². The fourth-order valence-electron chi connectivity index (χ4n) is 0.679. The molecule has 1 aromatic carbocycles. The van der Waals surface area contributed by atoms with Crippen molar-refractivity contribution in [2.75, 3.05) is 26.6 Å². The van der Waals surface area contributed by atoms with Crippen molar-refractivity contribution < 1.29 is 14.8 Å². The molecule has 0 saturated heterocycles. The van der Waals surface area contributed by atoms with Gasteiger partial charge in [0.1, 0.15) is 4.91 Å². The van der Waals surface area contributed by atoms with Crippen LogP contribution < -0.4 is 5.32 Å². The van der Waals surface area contributed by atoms with Gasteiger partial charge < -0.3 is 5.32 Å². The molecule has 0 radical (unpaired) electrons. The summed E-state index contributed by atoms with van der Waals surface area (Å²) in [6, 6.07) is 10.1. The smallest absolute Gasteiger partial charge is 0.388 e. The highest BCUT2D eigenvalue weighted by molar-refractivity contribution is 5.41. The molecule has 78 valence electrons. The highest BCUT2D eigenvalue weighted by Gasteiger charge is 1.98. The van der Waals surface area contributed by atoms with E-state index in [1.165, 1.54) is 14.2 Å². The Kier molecular flexibility index (Phi) is 6.85. The molecule has 0 amide bonds. The van der Waals surface area contributed by atoms with Crippen LogP contribution in [0.25, 0.3) is 0 Å². The first kappa shape index (κ1) is 12.2. The summed E-state index contributed by atoms with van der Waals surface area (Å²) in [5, 5.41) is 3.03. The summed E-state index contributed by atoms with van der Waals surface area (Å²) in [6.07, 6.45) is 0. The molecule has 5 heteroatoms. The molecule has 1 rings (SSSR count). The maximum atomic E-state index is 9.65. The molecule has 1 aromatic rings. The normalized spacial score (nSPS) is 7.93. The van der Waals surface area contributed by atoms with Crippen molar-refractivity contribution in [3.05, 3.63) is 35.2 Å². The van der Waals surface area contributed by atoms with Crippen LogP contribution in [-0.4, -0.2) is 26.4 Å². The third-order valence-corrected chi connectivity index (χ3v) is 1.36. The second-order valence-corrected chi connectivity index (χ2v) is 2.20. The molecule has 14 heavy (non-hydrogen) atoms. The number of para-hydroxylation sites is 1. The van der Waals surface area contributed by atoms with Crippen molar-refractivity contribution in [2.24, 2.45) is 0 Å². The van der Waals surface area contributed by atoms with Crippen LogP contribution >= 0.6 is 0 Å². The summed E-state index contributed by atoms with van der Waals surface area (Å²) in [5.74, 6) is 0. The maximum Gasteiger partial charge on any atom is 0.476 e. The number of nitrogens with one attached hydrogen (secondary N) is 1. The number of anilines is 1. The molecule has 0 atom stereocenters. The molecule has 0 fully saturated rings.